The quantitative estimate of drug-likeness (QED) is 0.527. The summed E-state index contributed by atoms with van der Waals surface area (Å²) in [6, 6.07) is 7.62. The van der Waals surface area contributed by atoms with Crippen molar-refractivity contribution in [2.24, 2.45) is 11.7 Å². The molecular weight excluding hydrogens is 384 g/mol. The third-order valence-electron chi connectivity index (χ3n) is 5.41. The second-order valence-corrected chi connectivity index (χ2v) is 7.44. The van der Waals surface area contributed by atoms with Crippen molar-refractivity contribution in [1.29, 1.82) is 0 Å². The molecule has 8 heteroatoms. The molecule has 0 radical (unpaired) electrons. The van der Waals surface area contributed by atoms with Gasteiger partial charge in [-0.3, -0.25) is 4.79 Å². The van der Waals surface area contributed by atoms with Crippen LogP contribution < -0.4 is 15.9 Å². The zero-order valence-corrected chi connectivity index (χ0v) is 18.0. The molecule has 1 fully saturated rings. The number of aromatic nitrogens is 1. The van der Waals surface area contributed by atoms with E-state index >= 15 is 0 Å². The van der Waals surface area contributed by atoms with Crippen LogP contribution in [0.3, 0.4) is 0 Å². The van der Waals surface area contributed by atoms with Crippen molar-refractivity contribution in [3.63, 3.8) is 0 Å². The predicted molar refractivity (Wildman–Crippen MR) is 114 cm³/mol. The summed E-state index contributed by atoms with van der Waals surface area (Å²) in [7, 11) is 5.10. The van der Waals surface area contributed by atoms with Crippen molar-refractivity contribution in [3.8, 4) is 5.75 Å². The molecule has 162 valence electrons. The zero-order valence-electron chi connectivity index (χ0n) is 18.0. The number of oxazole rings is 1. The SMILES string of the molecule is CNN(C)/C(=C(\N)c1ccc(O[C@H]2CCC[C@H](C(=O)OC)C2)cc1)c1cnc(C)o1. The van der Waals surface area contributed by atoms with Crippen LogP contribution >= 0.6 is 0 Å². The van der Waals surface area contributed by atoms with E-state index in [9.17, 15) is 4.79 Å². The average molecular weight is 415 g/mol. The van der Waals surface area contributed by atoms with E-state index in [4.69, 9.17) is 19.6 Å². The molecule has 3 N–H and O–H groups in total. The minimum atomic E-state index is -0.152. The van der Waals surface area contributed by atoms with E-state index < -0.39 is 0 Å². The molecule has 0 bridgehead atoms. The number of ether oxygens (including phenoxy) is 2. The zero-order chi connectivity index (χ0) is 21.7. The molecule has 2 atom stereocenters. The Labute approximate surface area is 177 Å². The summed E-state index contributed by atoms with van der Waals surface area (Å²) in [4.78, 5) is 16.0. The summed E-state index contributed by atoms with van der Waals surface area (Å²) in [5, 5.41) is 1.79. The molecule has 0 unspecified atom stereocenters. The molecule has 3 rings (SSSR count). The van der Waals surface area contributed by atoms with Crippen molar-refractivity contribution in [2.75, 3.05) is 21.2 Å². The van der Waals surface area contributed by atoms with Gasteiger partial charge in [-0.25, -0.2) is 10.4 Å². The maximum absolute atomic E-state index is 11.8. The lowest BCUT2D eigenvalue weighted by Crippen LogP contribution is -2.31. The number of nitrogens with two attached hydrogens (primary N) is 1. The minimum absolute atomic E-state index is 0.00439. The molecular formula is C22H30N4O4. The van der Waals surface area contributed by atoms with Gasteiger partial charge in [-0.15, -0.1) is 0 Å². The molecule has 1 heterocycles. The number of aryl methyl sites for hydroxylation is 1. The highest BCUT2D eigenvalue weighted by molar-refractivity contribution is 5.86. The highest BCUT2D eigenvalue weighted by Gasteiger charge is 2.29. The Hall–Kier alpha value is -3.00. The first-order chi connectivity index (χ1) is 14.4. The smallest absolute Gasteiger partial charge is 0.308 e. The van der Waals surface area contributed by atoms with E-state index in [1.165, 1.54) is 7.11 Å². The molecule has 1 aromatic carbocycles. The Balaban J connectivity index is 1.76. The summed E-state index contributed by atoms with van der Waals surface area (Å²) in [5.41, 5.74) is 11.6. The maximum Gasteiger partial charge on any atom is 0.308 e. The van der Waals surface area contributed by atoms with E-state index in [0.29, 0.717) is 29.5 Å². The lowest BCUT2D eigenvalue weighted by molar-refractivity contribution is -0.147. The van der Waals surface area contributed by atoms with Crippen molar-refractivity contribution < 1.29 is 18.7 Å². The predicted octanol–water partition coefficient (Wildman–Crippen LogP) is 2.94. The summed E-state index contributed by atoms with van der Waals surface area (Å²) in [5.74, 6) is 1.66. The normalized spacial score (nSPS) is 19.7. The number of rotatable bonds is 7. The van der Waals surface area contributed by atoms with E-state index in [-0.39, 0.29) is 18.0 Å². The first-order valence-corrected chi connectivity index (χ1v) is 10.1. The number of methoxy groups -OCH3 is 1. The topological polar surface area (TPSA) is 103 Å². The van der Waals surface area contributed by atoms with Crippen LogP contribution in [0.1, 0.15) is 42.9 Å². The van der Waals surface area contributed by atoms with Crippen LogP contribution in [0.5, 0.6) is 5.75 Å². The molecule has 1 saturated carbocycles. The van der Waals surface area contributed by atoms with Gasteiger partial charge in [0.15, 0.2) is 11.7 Å². The van der Waals surface area contributed by atoms with Crippen molar-refractivity contribution in [1.82, 2.24) is 15.4 Å². The van der Waals surface area contributed by atoms with Crippen LogP contribution in [0, 0.1) is 12.8 Å². The van der Waals surface area contributed by atoms with Gasteiger partial charge in [0, 0.05) is 21.0 Å². The molecule has 0 amide bonds. The molecule has 30 heavy (non-hydrogen) atoms. The Morgan fingerprint density at radius 1 is 1.30 bits per heavy atom. The second kappa shape index (κ2) is 9.67. The fourth-order valence-electron chi connectivity index (χ4n) is 3.74. The minimum Gasteiger partial charge on any atom is -0.490 e. The Bertz CT molecular complexity index is 891. The molecule has 1 aromatic heterocycles. The third-order valence-corrected chi connectivity index (χ3v) is 5.41. The number of hydrogen-bond acceptors (Lipinski definition) is 8. The third kappa shape index (κ3) is 4.94. The highest BCUT2D eigenvalue weighted by atomic mass is 16.5. The number of carbonyl (C=O) groups excluding carboxylic acids is 1. The molecule has 0 spiro atoms. The number of nitrogens with one attached hydrogen (secondary N) is 1. The van der Waals surface area contributed by atoms with Gasteiger partial charge < -0.3 is 24.6 Å². The van der Waals surface area contributed by atoms with Gasteiger partial charge >= 0.3 is 5.97 Å². The number of benzene rings is 1. The van der Waals surface area contributed by atoms with Crippen LogP contribution in [0.4, 0.5) is 0 Å². The molecule has 1 aliphatic rings. The maximum atomic E-state index is 11.8. The van der Waals surface area contributed by atoms with E-state index in [0.717, 1.165) is 30.6 Å². The molecule has 1 aliphatic carbocycles. The van der Waals surface area contributed by atoms with Crippen LogP contribution in [0.25, 0.3) is 11.4 Å². The first-order valence-electron chi connectivity index (χ1n) is 10.1. The Morgan fingerprint density at radius 2 is 2.03 bits per heavy atom. The summed E-state index contributed by atoms with van der Waals surface area (Å²) < 4.78 is 16.7. The number of nitrogens with zero attached hydrogens (tertiary/aromatic N) is 2. The van der Waals surface area contributed by atoms with Crippen LogP contribution in [0.2, 0.25) is 0 Å². The van der Waals surface area contributed by atoms with Crippen LogP contribution in [0.15, 0.2) is 34.9 Å². The summed E-state index contributed by atoms with van der Waals surface area (Å²) in [6.45, 7) is 1.79. The van der Waals surface area contributed by atoms with Gasteiger partial charge in [0.2, 0.25) is 0 Å². The monoisotopic (exact) mass is 414 g/mol. The Kier molecular flexibility index (Phi) is 6.99. The fraction of sp³-hybridized carbons (Fsp3) is 0.455. The summed E-state index contributed by atoms with van der Waals surface area (Å²) >= 11 is 0. The molecule has 0 aliphatic heterocycles. The van der Waals surface area contributed by atoms with Gasteiger partial charge in [0.05, 0.1) is 31.0 Å². The standard InChI is InChI=1S/C22H30N4O4/c1-14-25-13-19(29-14)21(26(3)24-2)20(23)15-8-10-17(11-9-15)30-18-7-5-6-16(12-18)22(27)28-4/h8-11,13,16,18,24H,5-7,12,23H2,1-4H3/b21-20-/t16-,18-/m0/s1. The van der Waals surface area contributed by atoms with Gasteiger partial charge in [0.25, 0.3) is 0 Å². The molecule has 8 nitrogen and oxygen atoms in total. The average Bonchev–Trinajstić information content (AvgIpc) is 3.19. The van der Waals surface area contributed by atoms with Crippen LogP contribution in [-0.4, -0.2) is 43.3 Å². The number of esters is 1. The van der Waals surface area contributed by atoms with E-state index in [1.54, 1.807) is 25.2 Å². The largest absolute Gasteiger partial charge is 0.490 e. The number of carbonyl (C=O) groups is 1. The number of hydrogen-bond donors (Lipinski definition) is 2. The van der Waals surface area contributed by atoms with Gasteiger partial charge in [-0.1, -0.05) is 0 Å². The summed E-state index contributed by atoms with van der Waals surface area (Å²) in [6.07, 6.45) is 5.08. The lowest BCUT2D eigenvalue weighted by atomic mass is 9.87. The lowest BCUT2D eigenvalue weighted by Gasteiger charge is -2.28. The van der Waals surface area contributed by atoms with E-state index in [2.05, 4.69) is 10.4 Å². The van der Waals surface area contributed by atoms with Gasteiger partial charge in [0.1, 0.15) is 11.4 Å². The Morgan fingerprint density at radius 3 is 2.63 bits per heavy atom. The highest BCUT2D eigenvalue weighted by Crippen LogP contribution is 2.30. The first kappa shape index (κ1) is 21.7. The number of hydrazine groups is 1. The van der Waals surface area contributed by atoms with Crippen LogP contribution in [-0.2, 0) is 9.53 Å². The molecule has 0 saturated heterocycles. The molecule has 2 aromatic rings. The fourth-order valence-corrected chi connectivity index (χ4v) is 3.74. The van der Waals surface area contributed by atoms with Gasteiger partial charge in [-0.05, 0) is 55.5 Å². The van der Waals surface area contributed by atoms with Crippen molar-refractivity contribution >= 4 is 17.4 Å². The van der Waals surface area contributed by atoms with Gasteiger partial charge in [-0.2, -0.15) is 0 Å². The second-order valence-electron chi connectivity index (χ2n) is 7.44. The van der Waals surface area contributed by atoms with E-state index in [1.807, 2.05) is 31.3 Å². The van der Waals surface area contributed by atoms with Crippen molar-refractivity contribution in [2.45, 2.75) is 38.7 Å². The van der Waals surface area contributed by atoms with Crippen molar-refractivity contribution in [3.05, 3.63) is 47.7 Å².